The number of piperazine rings is 1. The molecular weight excluding hydrogens is 489 g/mol. The maximum atomic E-state index is 12.6. The highest BCUT2D eigenvalue weighted by Crippen LogP contribution is 2.32. The predicted molar refractivity (Wildman–Crippen MR) is 147 cm³/mol. The van der Waals surface area contributed by atoms with Crippen LogP contribution in [-0.4, -0.2) is 56.2 Å². The third kappa shape index (κ3) is 5.46. The molecule has 0 aliphatic carbocycles. The average Bonchev–Trinajstić information content (AvgIpc) is 3.32. The molecule has 1 saturated heterocycles. The van der Waals surface area contributed by atoms with E-state index in [0.29, 0.717) is 12.6 Å². The number of amides is 1. The normalized spacial score (nSPS) is 17.7. The number of likely N-dealkylation sites (N-methyl/N-ethyl adjacent to an activating group) is 1. The molecule has 5 rings (SSSR count). The summed E-state index contributed by atoms with van der Waals surface area (Å²) < 4.78 is 7.42. The van der Waals surface area contributed by atoms with E-state index in [0.717, 1.165) is 68.9 Å². The zero-order valence-corrected chi connectivity index (χ0v) is 21.9. The van der Waals surface area contributed by atoms with Gasteiger partial charge in [-0.2, -0.15) is 0 Å². The number of ether oxygens (including phenoxy) is 1. The van der Waals surface area contributed by atoms with Crippen molar-refractivity contribution in [2.24, 2.45) is 0 Å². The first-order valence-corrected chi connectivity index (χ1v) is 12.6. The van der Waals surface area contributed by atoms with Crippen LogP contribution in [-0.2, 0) is 6.42 Å². The molecule has 8 heteroatoms. The molecule has 1 fully saturated rings. The molecule has 1 unspecified atom stereocenters. The number of halogens is 2. The van der Waals surface area contributed by atoms with Gasteiger partial charge in [0.05, 0.1) is 6.61 Å². The molecule has 2 aliphatic rings. The van der Waals surface area contributed by atoms with Crippen molar-refractivity contribution in [3.63, 3.8) is 0 Å². The first-order chi connectivity index (χ1) is 15.7. The molecule has 0 saturated carbocycles. The van der Waals surface area contributed by atoms with E-state index < -0.39 is 0 Å². The van der Waals surface area contributed by atoms with E-state index in [1.807, 2.05) is 35.3 Å². The standard InChI is InChI=1S/C26H31N3O2S.2ClH/c1-2-28-13-10-19-8-9-21(17-23(19)26(28)30)31-15-4-5-20-18-27-12-14-29(20)24-6-3-7-25-22(24)11-16-32-25;;/h3,6-9,11,16-17,20,27H,2,4-5,10,12-15,18H2,1H3;2*1H. The van der Waals surface area contributed by atoms with Gasteiger partial charge in [0, 0.05) is 60.1 Å². The Morgan fingerprint density at radius 2 is 2.03 bits per heavy atom. The van der Waals surface area contributed by atoms with Crippen molar-refractivity contribution in [3.8, 4) is 5.75 Å². The van der Waals surface area contributed by atoms with Crippen molar-refractivity contribution >= 4 is 57.8 Å². The van der Waals surface area contributed by atoms with Crippen molar-refractivity contribution in [1.82, 2.24) is 10.2 Å². The van der Waals surface area contributed by atoms with Crippen molar-refractivity contribution in [2.45, 2.75) is 32.2 Å². The minimum absolute atomic E-state index is 0. The summed E-state index contributed by atoms with van der Waals surface area (Å²) in [6, 6.07) is 15.3. The lowest BCUT2D eigenvalue weighted by molar-refractivity contribution is 0.0748. The molecular formula is C26H33Cl2N3O2S. The van der Waals surface area contributed by atoms with E-state index in [4.69, 9.17) is 4.74 Å². The fourth-order valence-corrected chi connectivity index (χ4v) is 5.77. The molecule has 1 N–H and O–H groups in total. The molecule has 1 amide bonds. The monoisotopic (exact) mass is 521 g/mol. The fourth-order valence-electron chi connectivity index (χ4n) is 4.96. The number of nitrogens with zero attached hydrogens (tertiary/aromatic N) is 2. The molecule has 3 heterocycles. The maximum absolute atomic E-state index is 12.6. The summed E-state index contributed by atoms with van der Waals surface area (Å²) in [7, 11) is 0. The van der Waals surface area contributed by atoms with Gasteiger partial charge in [0.2, 0.25) is 0 Å². The van der Waals surface area contributed by atoms with Gasteiger partial charge in [0.25, 0.3) is 5.91 Å². The number of rotatable bonds is 7. The summed E-state index contributed by atoms with van der Waals surface area (Å²) in [5, 5.41) is 7.11. The van der Waals surface area contributed by atoms with Gasteiger partial charge in [-0.25, -0.2) is 0 Å². The Labute approximate surface area is 218 Å². The number of carbonyl (C=O) groups excluding carboxylic acids is 1. The van der Waals surface area contributed by atoms with Gasteiger partial charge >= 0.3 is 0 Å². The van der Waals surface area contributed by atoms with Crippen molar-refractivity contribution in [2.75, 3.05) is 44.2 Å². The number of nitrogens with one attached hydrogen (secondary N) is 1. The van der Waals surface area contributed by atoms with Crippen LogP contribution in [0.1, 0.15) is 35.7 Å². The number of benzene rings is 2. The molecule has 2 aliphatic heterocycles. The first kappa shape index (κ1) is 26.6. The summed E-state index contributed by atoms with van der Waals surface area (Å²) in [5.74, 6) is 0.933. The smallest absolute Gasteiger partial charge is 0.254 e. The Bertz CT molecular complexity index is 1110. The molecule has 3 aromatic rings. The zero-order chi connectivity index (χ0) is 21.9. The highest BCUT2D eigenvalue weighted by atomic mass is 35.5. The van der Waals surface area contributed by atoms with Crippen molar-refractivity contribution in [1.29, 1.82) is 0 Å². The van der Waals surface area contributed by atoms with Crippen LogP contribution in [0, 0.1) is 0 Å². The second kappa shape index (κ2) is 12.1. The van der Waals surface area contributed by atoms with Gasteiger partial charge < -0.3 is 19.9 Å². The Balaban J connectivity index is 0.00000162. The van der Waals surface area contributed by atoms with Crippen LogP contribution in [0.15, 0.2) is 47.8 Å². The lowest BCUT2D eigenvalue weighted by Gasteiger charge is -2.38. The SMILES string of the molecule is CCN1CCc2ccc(OCCCC3CNCCN3c3cccc4sccc34)cc2C1=O.Cl.Cl. The van der Waals surface area contributed by atoms with E-state index in [2.05, 4.69) is 45.9 Å². The zero-order valence-electron chi connectivity index (χ0n) is 19.5. The third-order valence-electron chi connectivity index (χ3n) is 6.71. The first-order valence-electron chi connectivity index (χ1n) is 11.7. The van der Waals surface area contributed by atoms with Gasteiger partial charge in [-0.3, -0.25) is 4.79 Å². The highest BCUT2D eigenvalue weighted by Gasteiger charge is 2.25. The van der Waals surface area contributed by atoms with E-state index >= 15 is 0 Å². The quantitative estimate of drug-likeness (QED) is 0.422. The number of anilines is 1. The number of carbonyl (C=O) groups is 1. The average molecular weight is 523 g/mol. The van der Waals surface area contributed by atoms with Gasteiger partial charge in [-0.1, -0.05) is 12.1 Å². The number of hydrogen-bond acceptors (Lipinski definition) is 5. The van der Waals surface area contributed by atoms with Crippen LogP contribution in [0.2, 0.25) is 0 Å². The number of hydrogen-bond donors (Lipinski definition) is 1. The lowest BCUT2D eigenvalue weighted by atomic mass is 9.99. The summed E-state index contributed by atoms with van der Waals surface area (Å²) in [4.78, 5) is 17.1. The second-order valence-electron chi connectivity index (χ2n) is 8.61. The molecule has 0 spiro atoms. The van der Waals surface area contributed by atoms with Crippen LogP contribution in [0.4, 0.5) is 5.69 Å². The molecule has 5 nitrogen and oxygen atoms in total. The molecule has 0 radical (unpaired) electrons. The Morgan fingerprint density at radius 3 is 2.88 bits per heavy atom. The van der Waals surface area contributed by atoms with Crippen LogP contribution < -0.4 is 15.0 Å². The van der Waals surface area contributed by atoms with Crippen LogP contribution in [0.5, 0.6) is 5.75 Å². The van der Waals surface area contributed by atoms with Crippen LogP contribution >= 0.6 is 36.2 Å². The fraction of sp³-hybridized carbons (Fsp3) is 0.423. The Morgan fingerprint density at radius 1 is 1.15 bits per heavy atom. The molecule has 1 aromatic heterocycles. The van der Waals surface area contributed by atoms with E-state index in [1.165, 1.54) is 15.8 Å². The topological polar surface area (TPSA) is 44.8 Å². The lowest BCUT2D eigenvalue weighted by Crippen LogP contribution is -2.51. The molecule has 0 bridgehead atoms. The minimum Gasteiger partial charge on any atom is -0.494 e. The predicted octanol–water partition coefficient (Wildman–Crippen LogP) is 5.40. The van der Waals surface area contributed by atoms with Gasteiger partial charge in [-0.15, -0.1) is 36.2 Å². The van der Waals surface area contributed by atoms with E-state index in [-0.39, 0.29) is 30.7 Å². The van der Waals surface area contributed by atoms with Gasteiger partial charge in [0.15, 0.2) is 0 Å². The number of fused-ring (bicyclic) bond motifs is 2. The molecule has 1 atom stereocenters. The van der Waals surface area contributed by atoms with Crippen LogP contribution in [0.3, 0.4) is 0 Å². The van der Waals surface area contributed by atoms with E-state index in [1.54, 1.807) is 0 Å². The third-order valence-corrected chi connectivity index (χ3v) is 7.60. The largest absolute Gasteiger partial charge is 0.494 e. The van der Waals surface area contributed by atoms with Crippen molar-refractivity contribution in [3.05, 3.63) is 59.0 Å². The molecule has 34 heavy (non-hydrogen) atoms. The van der Waals surface area contributed by atoms with E-state index in [9.17, 15) is 4.79 Å². The molecule has 184 valence electrons. The summed E-state index contributed by atoms with van der Waals surface area (Å²) in [5.41, 5.74) is 3.30. The maximum Gasteiger partial charge on any atom is 0.254 e. The Hall–Kier alpha value is -1.99. The van der Waals surface area contributed by atoms with Crippen molar-refractivity contribution < 1.29 is 9.53 Å². The highest BCUT2D eigenvalue weighted by molar-refractivity contribution is 7.17. The summed E-state index contributed by atoms with van der Waals surface area (Å²) >= 11 is 1.81. The number of thiophene rings is 1. The molecule has 2 aromatic carbocycles. The minimum atomic E-state index is 0. The second-order valence-corrected chi connectivity index (χ2v) is 9.55. The van der Waals surface area contributed by atoms with Crippen LogP contribution in [0.25, 0.3) is 10.1 Å². The summed E-state index contributed by atoms with van der Waals surface area (Å²) in [6.07, 6.45) is 2.98. The van der Waals surface area contributed by atoms with Gasteiger partial charge in [0.1, 0.15) is 5.75 Å². The summed E-state index contributed by atoms with van der Waals surface area (Å²) in [6.45, 7) is 7.32. The van der Waals surface area contributed by atoms with Gasteiger partial charge in [-0.05, 0) is 67.5 Å². The Kier molecular flexibility index (Phi) is 9.48.